The molecule has 1 aliphatic rings. The molecule has 5 nitrogen and oxygen atoms in total. The van der Waals surface area contributed by atoms with E-state index in [1.54, 1.807) is 19.2 Å². The molecule has 1 aromatic heterocycles. The number of anilines is 3. The van der Waals surface area contributed by atoms with Crippen molar-refractivity contribution in [2.45, 2.75) is 19.8 Å². The summed E-state index contributed by atoms with van der Waals surface area (Å²) in [5.41, 5.74) is 1.50. The van der Waals surface area contributed by atoms with Gasteiger partial charge in [-0.15, -0.1) is 0 Å². The van der Waals surface area contributed by atoms with Crippen molar-refractivity contribution in [3.05, 3.63) is 42.1 Å². The first-order chi connectivity index (χ1) is 10.2. The normalized spacial score (nSPS) is 14.2. The molecule has 3 rings (SSSR count). The van der Waals surface area contributed by atoms with E-state index in [2.05, 4.69) is 20.2 Å². The van der Waals surface area contributed by atoms with Crippen molar-refractivity contribution in [3.8, 4) is 0 Å². The summed E-state index contributed by atoms with van der Waals surface area (Å²) in [6, 6.07) is 9.30. The maximum atomic E-state index is 11.4. The number of ketones is 1. The summed E-state index contributed by atoms with van der Waals surface area (Å²) < 4.78 is 0. The molecule has 1 aliphatic heterocycles. The van der Waals surface area contributed by atoms with Crippen LogP contribution in [0.2, 0.25) is 0 Å². The molecule has 0 unspecified atom stereocenters. The van der Waals surface area contributed by atoms with Gasteiger partial charge >= 0.3 is 0 Å². The van der Waals surface area contributed by atoms with E-state index < -0.39 is 0 Å². The van der Waals surface area contributed by atoms with Crippen molar-refractivity contribution >= 4 is 23.2 Å². The third-order valence-electron chi connectivity index (χ3n) is 3.60. The molecule has 0 bridgehead atoms. The molecule has 2 heterocycles. The lowest BCUT2D eigenvalue weighted by molar-refractivity contribution is 0.101. The van der Waals surface area contributed by atoms with Crippen LogP contribution in [0, 0.1) is 0 Å². The third kappa shape index (κ3) is 3.18. The highest BCUT2D eigenvalue weighted by Gasteiger charge is 2.14. The van der Waals surface area contributed by atoms with Crippen molar-refractivity contribution in [1.82, 2.24) is 9.97 Å². The molecule has 2 aromatic rings. The Bertz CT molecular complexity index is 650. The van der Waals surface area contributed by atoms with Gasteiger partial charge in [-0.2, -0.15) is 4.98 Å². The number of carbonyl (C=O) groups excluding carboxylic acids is 1. The first-order valence-electron chi connectivity index (χ1n) is 7.18. The molecular formula is C16H18N4O. The van der Waals surface area contributed by atoms with E-state index in [9.17, 15) is 4.79 Å². The topological polar surface area (TPSA) is 58.1 Å². The second-order valence-corrected chi connectivity index (χ2v) is 5.19. The predicted molar refractivity (Wildman–Crippen MR) is 83.2 cm³/mol. The number of aromatic nitrogens is 2. The molecule has 0 saturated carbocycles. The van der Waals surface area contributed by atoms with Gasteiger partial charge in [-0.3, -0.25) is 4.79 Å². The van der Waals surface area contributed by atoms with Gasteiger partial charge in [0.15, 0.2) is 5.78 Å². The SMILES string of the molecule is CC(=O)c1cccc(Nc2nccc(N3CCCC3)n2)c1. The Morgan fingerprint density at radius 2 is 2.05 bits per heavy atom. The molecule has 0 spiro atoms. The van der Waals surface area contributed by atoms with E-state index in [0.717, 1.165) is 24.6 Å². The second-order valence-electron chi connectivity index (χ2n) is 5.19. The number of rotatable bonds is 4. The van der Waals surface area contributed by atoms with Crippen molar-refractivity contribution in [2.75, 3.05) is 23.3 Å². The van der Waals surface area contributed by atoms with Crippen LogP contribution in [0.3, 0.4) is 0 Å². The highest BCUT2D eigenvalue weighted by molar-refractivity contribution is 5.95. The van der Waals surface area contributed by atoms with Gasteiger partial charge in [0.2, 0.25) is 5.95 Å². The maximum Gasteiger partial charge on any atom is 0.229 e. The Balaban J connectivity index is 1.79. The summed E-state index contributed by atoms with van der Waals surface area (Å²) in [6.07, 6.45) is 4.19. The van der Waals surface area contributed by atoms with Gasteiger partial charge < -0.3 is 10.2 Å². The molecule has 0 atom stereocenters. The van der Waals surface area contributed by atoms with E-state index in [4.69, 9.17) is 0 Å². The van der Waals surface area contributed by atoms with Crippen LogP contribution >= 0.6 is 0 Å². The highest BCUT2D eigenvalue weighted by Crippen LogP contribution is 2.20. The van der Waals surface area contributed by atoms with Gasteiger partial charge in [-0.25, -0.2) is 4.98 Å². The first kappa shape index (κ1) is 13.5. The molecule has 1 fully saturated rings. The van der Waals surface area contributed by atoms with Gasteiger partial charge in [-0.05, 0) is 38.0 Å². The van der Waals surface area contributed by atoms with Crippen LogP contribution in [0.5, 0.6) is 0 Å². The van der Waals surface area contributed by atoms with Crippen molar-refractivity contribution in [3.63, 3.8) is 0 Å². The molecular weight excluding hydrogens is 264 g/mol. The van der Waals surface area contributed by atoms with Crippen LogP contribution in [0.4, 0.5) is 17.5 Å². The lowest BCUT2D eigenvalue weighted by Crippen LogP contribution is -2.19. The quantitative estimate of drug-likeness (QED) is 0.873. The number of Topliss-reactive ketones (excluding diaryl/α,β-unsaturated/α-hetero) is 1. The summed E-state index contributed by atoms with van der Waals surface area (Å²) in [5, 5.41) is 3.16. The number of hydrogen-bond donors (Lipinski definition) is 1. The first-order valence-corrected chi connectivity index (χ1v) is 7.18. The van der Waals surface area contributed by atoms with Crippen LogP contribution in [0.25, 0.3) is 0 Å². The molecule has 1 saturated heterocycles. The Labute approximate surface area is 124 Å². The van der Waals surface area contributed by atoms with E-state index >= 15 is 0 Å². The predicted octanol–water partition coefficient (Wildman–Crippen LogP) is 3.02. The zero-order chi connectivity index (χ0) is 14.7. The summed E-state index contributed by atoms with van der Waals surface area (Å²) in [7, 11) is 0. The Morgan fingerprint density at radius 3 is 2.81 bits per heavy atom. The zero-order valence-corrected chi connectivity index (χ0v) is 12.0. The van der Waals surface area contributed by atoms with Gasteiger partial charge in [0.05, 0.1) is 0 Å². The molecule has 1 N–H and O–H groups in total. The van der Waals surface area contributed by atoms with Crippen LogP contribution in [0.15, 0.2) is 36.5 Å². The summed E-state index contributed by atoms with van der Waals surface area (Å²) in [6.45, 7) is 3.66. The van der Waals surface area contributed by atoms with E-state index in [0.29, 0.717) is 11.5 Å². The number of nitrogens with one attached hydrogen (secondary N) is 1. The fraction of sp³-hybridized carbons (Fsp3) is 0.312. The Kier molecular flexibility index (Phi) is 3.81. The Hall–Kier alpha value is -2.43. The number of benzene rings is 1. The van der Waals surface area contributed by atoms with E-state index in [-0.39, 0.29) is 5.78 Å². The van der Waals surface area contributed by atoms with Gasteiger partial charge in [0.25, 0.3) is 0 Å². The van der Waals surface area contributed by atoms with Crippen molar-refractivity contribution < 1.29 is 4.79 Å². The summed E-state index contributed by atoms with van der Waals surface area (Å²) in [4.78, 5) is 22.5. The molecule has 1 aromatic carbocycles. The van der Waals surface area contributed by atoms with E-state index in [1.807, 2.05) is 24.3 Å². The fourth-order valence-electron chi connectivity index (χ4n) is 2.48. The molecule has 108 valence electrons. The van der Waals surface area contributed by atoms with E-state index in [1.165, 1.54) is 12.8 Å². The summed E-state index contributed by atoms with van der Waals surface area (Å²) in [5.74, 6) is 1.55. The second kappa shape index (κ2) is 5.91. The molecule has 21 heavy (non-hydrogen) atoms. The standard InChI is InChI=1S/C16H18N4O/c1-12(21)13-5-4-6-14(11-13)18-16-17-8-7-15(19-16)20-9-2-3-10-20/h4-8,11H,2-3,9-10H2,1H3,(H,17,18,19). The largest absolute Gasteiger partial charge is 0.356 e. The number of nitrogens with zero attached hydrogens (tertiary/aromatic N) is 3. The van der Waals surface area contributed by atoms with Gasteiger partial charge in [0.1, 0.15) is 5.82 Å². The molecule has 0 amide bonds. The van der Waals surface area contributed by atoms with Gasteiger partial charge in [0, 0.05) is 30.5 Å². The number of carbonyl (C=O) groups is 1. The average Bonchev–Trinajstić information content (AvgIpc) is 3.02. The van der Waals surface area contributed by atoms with Crippen LogP contribution in [-0.4, -0.2) is 28.8 Å². The smallest absolute Gasteiger partial charge is 0.229 e. The monoisotopic (exact) mass is 282 g/mol. The molecule has 0 radical (unpaired) electrons. The Morgan fingerprint density at radius 1 is 1.24 bits per heavy atom. The minimum Gasteiger partial charge on any atom is -0.356 e. The lowest BCUT2D eigenvalue weighted by Gasteiger charge is -2.16. The van der Waals surface area contributed by atoms with Crippen LogP contribution < -0.4 is 10.2 Å². The zero-order valence-electron chi connectivity index (χ0n) is 12.0. The van der Waals surface area contributed by atoms with Gasteiger partial charge in [-0.1, -0.05) is 12.1 Å². The van der Waals surface area contributed by atoms with Crippen LogP contribution in [-0.2, 0) is 0 Å². The van der Waals surface area contributed by atoms with Crippen molar-refractivity contribution in [1.29, 1.82) is 0 Å². The molecule has 0 aliphatic carbocycles. The minimum absolute atomic E-state index is 0.0467. The maximum absolute atomic E-state index is 11.4. The number of hydrogen-bond acceptors (Lipinski definition) is 5. The molecule has 5 heteroatoms. The highest BCUT2D eigenvalue weighted by atomic mass is 16.1. The third-order valence-corrected chi connectivity index (χ3v) is 3.60. The van der Waals surface area contributed by atoms with Crippen LogP contribution in [0.1, 0.15) is 30.1 Å². The fourth-order valence-corrected chi connectivity index (χ4v) is 2.48. The summed E-state index contributed by atoms with van der Waals surface area (Å²) >= 11 is 0. The lowest BCUT2D eigenvalue weighted by atomic mass is 10.1. The average molecular weight is 282 g/mol. The van der Waals surface area contributed by atoms with Crippen molar-refractivity contribution in [2.24, 2.45) is 0 Å². The minimum atomic E-state index is 0.0467.